The monoisotopic (exact) mass is 556 g/mol. The van der Waals surface area contributed by atoms with Crippen LogP contribution in [0.1, 0.15) is 78.6 Å². The topological polar surface area (TPSA) is 157 Å². The quantitative estimate of drug-likeness (QED) is 0.212. The Morgan fingerprint density at radius 3 is 2.21 bits per heavy atom. The number of ether oxygens (including phenoxy) is 2. The third-order valence-electron chi connectivity index (χ3n) is 11.8. The predicted molar refractivity (Wildman–Crippen MR) is 144 cm³/mol. The molecule has 0 aromatic rings. The summed E-state index contributed by atoms with van der Waals surface area (Å²) in [5, 5.41) is 58.0. The van der Waals surface area contributed by atoms with Crippen molar-refractivity contribution in [3.8, 4) is 0 Å². The Morgan fingerprint density at radius 1 is 0.897 bits per heavy atom. The lowest BCUT2D eigenvalue weighted by molar-refractivity contribution is -0.200. The summed E-state index contributed by atoms with van der Waals surface area (Å²) >= 11 is 0. The van der Waals surface area contributed by atoms with E-state index in [9.17, 15) is 30.3 Å². The zero-order chi connectivity index (χ0) is 28.5. The van der Waals surface area contributed by atoms with Crippen LogP contribution >= 0.6 is 0 Å². The average Bonchev–Trinajstić information content (AvgIpc) is 3.28. The van der Waals surface area contributed by atoms with Gasteiger partial charge >= 0.3 is 5.97 Å². The minimum atomic E-state index is -1.38. The number of carboxylic acid groups (broad SMARTS) is 1. The lowest BCUT2D eigenvalue weighted by Gasteiger charge is -2.63. The van der Waals surface area contributed by atoms with Crippen LogP contribution in [0.25, 0.3) is 0 Å². The molecule has 4 rings (SSSR count). The summed E-state index contributed by atoms with van der Waals surface area (Å²) in [6, 6.07) is 0. The molecular formula is C30H52O9. The predicted octanol–water partition coefficient (Wildman–Crippen LogP) is 2.20. The molecule has 0 amide bonds. The highest BCUT2D eigenvalue weighted by Gasteiger charge is 2.64. The molecule has 4 saturated carbocycles. The highest BCUT2D eigenvalue weighted by atomic mass is 16.5. The fourth-order valence-electron chi connectivity index (χ4n) is 9.71. The molecule has 0 aliphatic heterocycles. The van der Waals surface area contributed by atoms with Gasteiger partial charge < -0.3 is 40.1 Å². The van der Waals surface area contributed by atoms with Crippen LogP contribution in [0.15, 0.2) is 0 Å². The van der Waals surface area contributed by atoms with Crippen molar-refractivity contribution in [2.24, 2.45) is 46.3 Å². The van der Waals surface area contributed by atoms with Crippen LogP contribution in [0.3, 0.4) is 0 Å². The number of aliphatic hydroxyl groups excluding tert-OH is 5. The molecule has 39 heavy (non-hydrogen) atoms. The van der Waals surface area contributed by atoms with Gasteiger partial charge in [-0.05, 0) is 104 Å². The number of carboxylic acids is 1. The molecule has 0 aromatic carbocycles. The van der Waals surface area contributed by atoms with Crippen LogP contribution in [0.4, 0.5) is 0 Å². The van der Waals surface area contributed by atoms with Crippen LogP contribution in [0.5, 0.6) is 0 Å². The summed E-state index contributed by atoms with van der Waals surface area (Å²) in [5.74, 6) is 1.00. The second kappa shape index (κ2) is 12.6. The van der Waals surface area contributed by atoms with Gasteiger partial charge in [0.1, 0.15) is 12.2 Å². The SMILES string of the molecule is C[C@H](CC(O)C(=O)O)[C@H]1CC[C@H]2[C@@H]3CCC4CC(OCC(O)CO)CC[C@]4(C)[C@H]3CC(OCC(O)CO)[C@]12C. The lowest BCUT2D eigenvalue weighted by Crippen LogP contribution is -2.59. The van der Waals surface area contributed by atoms with E-state index in [1.54, 1.807) is 0 Å². The highest BCUT2D eigenvalue weighted by Crippen LogP contribution is 2.69. The zero-order valence-electron chi connectivity index (χ0n) is 24.0. The number of hydrogen-bond donors (Lipinski definition) is 6. The second-order valence-corrected chi connectivity index (χ2v) is 13.7. The third-order valence-corrected chi connectivity index (χ3v) is 11.8. The normalized spacial score (nSPS) is 43.0. The number of aliphatic carboxylic acids is 1. The van der Waals surface area contributed by atoms with Crippen molar-refractivity contribution >= 4 is 5.97 Å². The van der Waals surface area contributed by atoms with E-state index in [0.29, 0.717) is 23.7 Å². The molecule has 9 heteroatoms. The molecule has 4 fully saturated rings. The molecule has 0 aromatic heterocycles. The molecule has 6 N–H and O–H groups in total. The van der Waals surface area contributed by atoms with Gasteiger partial charge in [0.2, 0.25) is 0 Å². The Bertz CT molecular complexity index is 824. The first-order chi connectivity index (χ1) is 18.4. The minimum Gasteiger partial charge on any atom is -0.479 e. The maximum atomic E-state index is 11.4. The molecule has 4 aliphatic carbocycles. The highest BCUT2D eigenvalue weighted by molar-refractivity contribution is 5.71. The first kappa shape index (κ1) is 31.1. The summed E-state index contributed by atoms with van der Waals surface area (Å²) in [5.41, 5.74) is -0.0575. The summed E-state index contributed by atoms with van der Waals surface area (Å²) in [6.45, 7) is 6.39. The van der Waals surface area contributed by atoms with Gasteiger partial charge in [0.15, 0.2) is 6.10 Å². The minimum absolute atomic E-state index is 0.0188. The number of hydrogen-bond acceptors (Lipinski definition) is 8. The Balaban J connectivity index is 1.55. The first-order valence-electron chi connectivity index (χ1n) is 15.2. The molecule has 0 heterocycles. The second-order valence-electron chi connectivity index (χ2n) is 13.7. The van der Waals surface area contributed by atoms with Gasteiger partial charge in [-0.1, -0.05) is 20.8 Å². The molecule has 6 unspecified atom stereocenters. The smallest absolute Gasteiger partial charge is 0.332 e. The third kappa shape index (κ3) is 6.06. The Kier molecular flexibility index (Phi) is 10.1. The summed E-state index contributed by atoms with van der Waals surface area (Å²) in [7, 11) is 0. The fourth-order valence-corrected chi connectivity index (χ4v) is 9.71. The maximum Gasteiger partial charge on any atom is 0.332 e. The van der Waals surface area contributed by atoms with Crippen LogP contribution in [-0.2, 0) is 14.3 Å². The van der Waals surface area contributed by atoms with Gasteiger partial charge in [0.25, 0.3) is 0 Å². The standard InChI is InChI=1S/C30H52O9/c1-17(10-26(35)28(36)37)23-6-7-24-22-5-4-18-11-21(38-15-19(33)13-31)8-9-29(18,2)25(22)12-27(30(23,24)3)39-16-20(34)14-32/h17-27,31-35H,4-16H2,1-3H3,(H,36,37)/t17-,18?,19?,20?,21?,22+,23-,24+,25+,26?,27?,29+,30-/m1/s1. The van der Waals surface area contributed by atoms with Crippen molar-refractivity contribution in [3.05, 3.63) is 0 Å². The molecule has 0 spiro atoms. The van der Waals surface area contributed by atoms with Gasteiger partial charge in [-0.25, -0.2) is 4.79 Å². The average molecular weight is 557 g/mol. The number of rotatable bonds is 12. The van der Waals surface area contributed by atoms with Gasteiger partial charge in [-0.3, -0.25) is 0 Å². The van der Waals surface area contributed by atoms with E-state index in [4.69, 9.17) is 14.6 Å². The number of carbonyl (C=O) groups is 1. The summed E-state index contributed by atoms with van der Waals surface area (Å²) in [6.07, 6.45) is 5.16. The Labute approximate surface area is 232 Å². The largest absolute Gasteiger partial charge is 0.479 e. The van der Waals surface area contributed by atoms with E-state index in [1.807, 2.05) is 0 Å². The van der Waals surface area contributed by atoms with Crippen molar-refractivity contribution in [1.82, 2.24) is 0 Å². The van der Waals surface area contributed by atoms with E-state index in [2.05, 4.69) is 20.8 Å². The molecule has 9 nitrogen and oxygen atoms in total. The van der Waals surface area contributed by atoms with Gasteiger partial charge in [-0.2, -0.15) is 0 Å². The van der Waals surface area contributed by atoms with Crippen LogP contribution in [0, 0.1) is 46.3 Å². The fraction of sp³-hybridized carbons (Fsp3) is 0.967. The van der Waals surface area contributed by atoms with Gasteiger partial charge in [-0.15, -0.1) is 0 Å². The van der Waals surface area contributed by atoms with E-state index in [1.165, 1.54) is 0 Å². The lowest BCUT2D eigenvalue weighted by atomic mass is 9.43. The van der Waals surface area contributed by atoms with Gasteiger partial charge in [0.05, 0.1) is 38.6 Å². The molecule has 0 bridgehead atoms. The molecule has 226 valence electrons. The van der Waals surface area contributed by atoms with Crippen LogP contribution < -0.4 is 0 Å². The molecule has 0 radical (unpaired) electrons. The zero-order valence-corrected chi connectivity index (χ0v) is 24.0. The van der Waals surface area contributed by atoms with Crippen molar-refractivity contribution in [1.29, 1.82) is 0 Å². The van der Waals surface area contributed by atoms with E-state index in [-0.39, 0.29) is 67.7 Å². The Morgan fingerprint density at radius 2 is 1.56 bits per heavy atom. The summed E-state index contributed by atoms with van der Waals surface area (Å²) < 4.78 is 12.5. The van der Waals surface area contributed by atoms with E-state index in [0.717, 1.165) is 51.4 Å². The van der Waals surface area contributed by atoms with Crippen molar-refractivity contribution in [2.45, 2.75) is 109 Å². The van der Waals surface area contributed by atoms with E-state index < -0.39 is 24.3 Å². The number of aliphatic hydroxyl groups is 5. The molecular weight excluding hydrogens is 504 g/mol. The van der Waals surface area contributed by atoms with Crippen molar-refractivity contribution in [2.75, 3.05) is 26.4 Å². The van der Waals surface area contributed by atoms with Crippen molar-refractivity contribution < 1.29 is 44.9 Å². The van der Waals surface area contributed by atoms with Crippen LogP contribution in [-0.4, -0.2) is 93.6 Å². The summed E-state index contributed by atoms with van der Waals surface area (Å²) in [4.78, 5) is 11.4. The molecule has 4 aliphatic rings. The molecule has 13 atom stereocenters. The van der Waals surface area contributed by atoms with E-state index >= 15 is 0 Å². The maximum absolute atomic E-state index is 11.4. The Hall–Kier alpha value is -0.810. The van der Waals surface area contributed by atoms with Crippen molar-refractivity contribution in [3.63, 3.8) is 0 Å². The van der Waals surface area contributed by atoms with Crippen LogP contribution in [0.2, 0.25) is 0 Å². The van der Waals surface area contributed by atoms with Gasteiger partial charge in [0, 0.05) is 0 Å². The first-order valence-corrected chi connectivity index (χ1v) is 15.2. The number of fused-ring (bicyclic) bond motifs is 5. The molecule has 0 saturated heterocycles.